The van der Waals surface area contributed by atoms with Crippen LogP contribution in [0.2, 0.25) is 0 Å². The van der Waals surface area contributed by atoms with Gasteiger partial charge in [0.25, 0.3) is 0 Å². The number of carbonyl (C=O) groups is 8. The van der Waals surface area contributed by atoms with Gasteiger partial charge in [-0.05, 0) is 56.4 Å². The minimum absolute atomic E-state index is 0.0674. The maximum Gasteiger partial charge on any atom is 0.513 e. The molecule has 3 rings (SSSR count). The molecule has 2 aromatic carbocycles. The van der Waals surface area contributed by atoms with Crippen LogP contribution in [0.25, 0.3) is 0 Å². The molecule has 2 aromatic rings. The molecular formula is C40H51N3O15S. The van der Waals surface area contributed by atoms with E-state index >= 15 is 0 Å². The minimum atomic E-state index is -1.39. The molecule has 0 aromatic heterocycles. The smallest absolute Gasteiger partial charge is 0.475 e. The largest absolute Gasteiger partial charge is 0.513 e. The van der Waals surface area contributed by atoms with Crippen LogP contribution in [0, 0.1) is 6.92 Å². The Labute approximate surface area is 345 Å². The fourth-order valence-corrected chi connectivity index (χ4v) is 7.41. The predicted octanol–water partition coefficient (Wildman–Crippen LogP) is 2.73. The number of primary amides is 1. The monoisotopic (exact) mass is 845 g/mol. The van der Waals surface area contributed by atoms with Gasteiger partial charge in [-0.1, -0.05) is 24.3 Å². The summed E-state index contributed by atoms with van der Waals surface area (Å²) < 4.78 is 38.7. The molecule has 1 saturated heterocycles. The van der Waals surface area contributed by atoms with E-state index in [-0.39, 0.29) is 37.0 Å². The average molecular weight is 846 g/mol. The number of rotatable bonds is 18. The quantitative estimate of drug-likeness (QED) is 0.111. The lowest BCUT2D eigenvalue weighted by Crippen LogP contribution is -2.59. The third-order valence-electron chi connectivity index (χ3n) is 8.68. The molecule has 0 unspecified atom stereocenters. The lowest BCUT2D eigenvalue weighted by molar-refractivity contribution is -0.190. The third kappa shape index (κ3) is 15.1. The summed E-state index contributed by atoms with van der Waals surface area (Å²) in [5.74, 6) is -4.20. The van der Waals surface area contributed by atoms with E-state index in [1.54, 1.807) is 13.0 Å². The van der Waals surface area contributed by atoms with Crippen molar-refractivity contribution in [1.29, 1.82) is 0 Å². The highest BCUT2D eigenvalue weighted by molar-refractivity contribution is 8.00. The van der Waals surface area contributed by atoms with Crippen LogP contribution < -0.4 is 25.8 Å². The molecule has 0 aliphatic carbocycles. The first kappa shape index (κ1) is 47.5. The SMILES string of the molecule is COC(=O)Oc1cc(C)c(Cc2ccc(CCCC(=O)NC(C)(C)C(=O)NCC(N)=O)cc2)c(O[C@@H]2S[C@H](COC(C)=O)[C@@H](OC(C)=O)[C@H](OC(C)=O)[C@H]2OC(C)=O)c1. The zero-order valence-electron chi connectivity index (χ0n) is 34.2. The zero-order valence-corrected chi connectivity index (χ0v) is 35.0. The number of hydrogen-bond acceptors (Lipinski definition) is 16. The van der Waals surface area contributed by atoms with Crippen LogP contribution >= 0.6 is 11.8 Å². The number of benzene rings is 2. The molecule has 0 spiro atoms. The maximum absolute atomic E-state index is 12.6. The second-order valence-corrected chi connectivity index (χ2v) is 15.5. The van der Waals surface area contributed by atoms with Gasteiger partial charge in [-0.15, -0.1) is 11.8 Å². The number of nitrogens with one attached hydrogen (secondary N) is 2. The van der Waals surface area contributed by atoms with Gasteiger partial charge in [-0.3, -0.25) is 33.6 Å². The number of ether oxygens (including phenoxy) is 7. The van der Waals surface area contributed by atoms with Gasteiger partial charge in [0.05, 0.1) is 18.9 Å². The van der Waals surface area contributed by atoms with Crippen molar-refractivity contribution < 1.29 is 71.5 Å². The van der Waals surface area contributed by atoms with Crippen molar-refractivity contribution in [2.45, 2.75) is 109 Å². The normalized spacial score (nSPS) is 18.6. The Morgan fingerprint density at radius 2 is 1.41 bits per heavy atom. The Morgan fingerprint density at radius 3 is 1.98 bits per heavy atom. The van der Waals surface area contributed by atoms with E-state index in [0.29, 0.717) is 30.4 Å². The van der Waals surface area contributed by atoms with Gasteiger partial charge < -0.3 is 49.5 Å². The lowest BCUT2D eigenvalue weighted by Gasteiger charge is -2.43. The molecule has 322 valence electrons. The van der Waals surface area contributed by atoms with Gasteiger partial charge in [0.15, 0.2) is 23.7 Å². The number of hydrogen-bond donors (Lipinski definition) is 3. The average Bonchev–Trinajstić information content (AvgIpc) is 3.13. The molecule has 0 radical (unpaired) electrons. The Bertz CT molecular complexity index is 1880. The van der Waals surface area contributed by atoms with E-state index in [0.717, 1.165) is 50.8 Å². The van der Waals surface area contributed by atoms with Crippen molar-refractivity contribution in [3.63, 3.8) is 0 Å². The standard InChI is InChI=1S/C40H51N3O15S/c1-21-16-28(57-39(51)52-8)18-30(58-37-36(56-25(5)47)35(55-24(4)46)34(54-23(3)45)31(59-37)20-53-22(2)44)29(21)17-27-14-12-26(13-15-27)10-9-11-33(49)43-40(6,7)38(50)42-19-32(41)48/h12-16,18,31,34-37H,9-11,17,19-20H2,1-8H3,(H2,41,48)(H,42,50)(H,43,49)/t31-,34-,35+,36-,37-/m1/s1. The molecule has 1 aliphatic rings. The van der Waals surface area contributed by atoms with E-state index in [4.69, 9.17) is 34.2 Å². The molecule has 0 saturated carbocycles. The van der Waals surface area contributed by atoms with Gasteiger partial charge in [-0.2, -0.15) is 0 Å². The Morgan fingerprint density at radius 1 is 0.814 bits per heavy atom. The fourth-order valence-electron chi connectivity index (χ4n) is 6.03. The molecule has 1 heterocycles. The van der Waals surface area contributed by atoms with Gasteiger partial charge in [0, 0.05) is 52.2 Å². The minimum Gasteiger partial charge on any atom is -0.475 e. The van der Waals surface area contributed by atoms with Gasteiger partial charge in [-0.25, -0.2) is 4.79 Å². The molecule has 5 atom stereocenters. The van der Waals surface area contributed by atoms with Crippen LogP contribution in [0.1, 0.15) is 76.6 Å². The number of aryl methyl sites for hydroxylation is 2. The molecule has 59 heavy (non-hydrogen) atoms. The molecule has 19 heteroatoms. The number of amides is 3. The van der Waals surface area contributed by atoms with Gasteiger partial charge in [0.1, 0.15) is 23.6 Å². The van der Waals surface area contributed by atoms with Crippen LogP contribution in [0.5, 0.6) is 11.5 Å². The molecule has 3 amide bonds. The number of nitrogens with two attached hydrogens (primary N) is 1. The highest BCUT2D eigenvalue weighted by Gasteiger charge is 2.53. The number of methoxy groups -OCH3 is 1. The van der Waals surface area contributed by atoms with E-state index in [1.807, 2.05) is 24.3 Å². The summed E-state index contributed by atoms with van der Waals surface area (Å²) in [6, 6.07) is 10.7. The van der Waals surface area contributed by atoms with E-state index in [2.05, 4.69) is 15.4 Å². The maximum atomic E-state index is 12.6. The summed E-state index contributed by atoms with van der Waals surface area (Å²) in [7, 11) is 1.15. The Kier molecular flexibility index (Phi) is 17.5. The molecule has 18 nitrogen and oxygen atoms in total. The number of carbonyl (C=O) groups excluding carboxylic acids is 8. The van der Waals surface area contributed by atoms with Crippen molar-refractivity contribution in [2.75, 3.05) is 20.3 Å². The number of thioether (sulfide) groups is 1. The van der Waals surface area contributed by atoms with Crippen LogP contribution in [0.15, 0.2) is 36.4 Å². The predicted molar refractivity (Wildman–Crippen MR) is 210 cm³/mol. The third-order valence-corrected chi connectivity index (χ3v) is 10.1. The topological polar surface area (TPSA) is 251 Å². The van der Waals surface area contributed by atoms with Crippen LogP contribution in [0.3, 0.4) is 0 Å². The summed E-state index contributed by atoms with van der Waals surface area (Å²) in [6.45, 7) is 8.81. The summed E-state index contributed by atoms with van der Waals surface area (Å²) in [5, 5.41) is 4.19. The Hall–Kier alpha value is -5.85. The van der Waals surface area contributed by atoms with Crippen molar-refractivity contribution in [3.8, 4) is 11.5 Å². The first-order valence-corrected chi connectivity index (χ1v) is 19.4. The lowest BCUT2D eigenvalue weighted by atomic mass is 9.97. The van der Waals surface area contributed by atoms with Crippen molar-refractivity contribution in [1.82, 2.24) is 10.6 Å². The molecular weight excluding hydrogens is 795 g/mol. The molecule has 4 N–H and O–H groups in total. The molecule has 0 bridgehead atoms. The van der Waals surface area contributed by atoms with Gasteiger partial charge >= 0.3 is 30.0 Å². The second-order valence-electron chi connectivity index (χ2n) is 14.1. The summed E-state index contributed by atoms with van der Waals surface area (Å²) >= 11 is 1.02. The van der Waals surface area contributed by atoms with E-state index in [9.17, 15) is 38.4 Å². The molecule has 1 fully saturated rings. The van der Waals surface area contributed by atoms with Gasteiger partial charge in [0.2, 0.25) is 17.7 Å². The molecule has 1 aliphatic heterocycles. The second kappa shape index (κ2) is 21.8. The van der Waals surface area contributed by atoms with Crippen molar-refractivity contribution >= 4 is 59.5 Å². The van der Waals surface area contributed by atoms with E-state index < -0.39 is 76.4 Å². The highest BCUT2D eigenvalue weighted by atomic mass is 32.2. The first-order valence-electron chi connectivity index (χ1n) is 18.5. The van der Waals surface area contributed by atoms with E-state index in [1.165, 1.54) is 26.8 Å². The van der Waals surface area contributed by atoms with Crippen molar-refractivity contribution in [2.24, 2.45) is 5.73 Å². The highest BCUT2D eigenvalue weighted by Crippen LogP contribution is 2.41. The Balaban J connectivity index is 1.91. The summed E-state index contributed by atoms with van der Waals surface area (Å²) in [6.07, 6.45) is -3.46. The van der Waals surface area contributed by atoms with Crippen LogP contribution in [0.4, 0.5) is 4.79 Å². The zero-order chi connectivity index (χ0) is 44.0. The summed E-state index contributed by atoms with van der Waals surface area (Å²) in [4.78, 5) is 97.0. The van der Waals surface area contributed by atoms with Crippen LogP contribution in [-0.4, -0.2) is 103 Å². The number of esters is 4. The fraction of sp³-hybridized carbons (Fsp3) is 0.500. The van der Waals surface area contributed by atoms with Crippen molar-refractivity contribution in [3.05, 3.63) is 58.7 Å². The summed E-state index contributed by atoms with van der Waals surface area (Å²) in [5.41, 5.74) is 5.73. The van der Waals surface area contributed by atoms with Crippen LogP contribution in [-0.2, 0) is 70.1 Å². The first-order chi connectivity index (χ1) is 27.7.